The first-order chi connectivity index (χ1) is 9.08. The summed E-state index contributed by atoms with van der Waals surface area (Å²) in [6.07, 6.45) is 0.979. The standard InChI is InChI=1S/C14H19IN2O2/c1-10-6-12(15)2-3-13(10)16-14(19)8-17-5-4-11(7-17)9-18/h2-3,6,11,18H,4-5,7-9H2,1H3,(H,16,19). The first kappa shape index (κ1) is 14.7. The Morgan fingerprint density at radius 3 is 3.00 bits per heavy atom. The van der Waals surface area contributed by atoms with Crippen LogP contribution in [0.2, 0.25) is 0 Å². The van der Waals surface area contributed by atoms with Gasteiger partial charge in [-0.05, 0) is 72.2 Å². The average Bonchev–Trinajstić information content (AvgIpc) is 2.80. The van der Waals surface area contributed by atoms with Crippen LogP contribution in [0.25, 0.3) is 0 Å². The number of benzene rings is 1. The van der Waals surface area contributed by atoms with Gasteiger partial charge in [0.05, 0.1) is 6.54 Å². The van der Waals surface area contributed by atoms with Crippen LogP contribution in [-0.2, 0) is 4.79 Å². The highest BCUT2D eigenvalue weighted by molar-refractivity contribution is 14.1. The number of anilines is 1. The highest BCUT2D eigenvalue weighted by Crippen LogP contribution is 2.18. The van der Waals surface area contributed by atoms with Crippen LogP contribution in [0, 0.1) is 16.4 Å². The van der Waals surface area contributed by atoms with E-state index >= 15 is 0 Å². The number of aliphatic hydroxyl groups excluding tert-OH is 1. The fraction of sp³-hybridized carbons (Fsp3) is 0.500. The molecule has 4 nitrogen and oxygen atoms in total. The molecule has 5 heteroatoms. The highest BCUT2D eigenvalue weighted by atomic mass is 127. The number of halogens is 1. The topological polar surface area (TPSA) is 52.6 Å². The van der Waals surface area contributed by atoms with Crippen LogP contribution in [0.5, 0.6) is 0 Å². The summed E-state index contributed by atoms with van der Waals surface area (Å²) in [5, 5.41) is 12.0. The molecule has 104 valence electrons. The molecule has 19 heavy (non-hydrogen) atoms. The number of amides is 1. The van der Waals surface area contributed by atoms with Gasteiger partial charge in [0.1, 0.15) is 0 Å². The zero-order valence-electron chi connectivity index (χ0n) is 11.0. The molecule has 0 aromatic heterocycles. The van der Waals surface area contributed by atoms with Crippen molar-refractivity contribution in [2.75, 3.05) is 31.6 Å². The lowest BCUT2D eigenvalue weighted by Gasteiger charge is -2.16. The molecule has 1 saturated heterocycles. The van der Waals surface area contributed by atoms with Gasteiger partial charge < -0.3 is 10.4 Å². The van der Waals surface area contributed by atoms with Crippen molar-refractivity contribution in [3.8, 4) is 0 Å². The average molecular weight is 374 g/mol. The molecule has 1 aliphatic heterocycles. The lowest BCUT2D eigenvalue weighted by atomic mass is 10.1. The Morgan fingerprint density at radius 2 is 2.37 bits per heavy atom. The number of nitrogens with one attached hydrogen (secondary N) is 1. The van der Waals surface area contributed by atoms with E-state index in [-0.39, 0.29) is 12.5 Å². The summed E-state index contributed by atoms with van der Waals surface area (Å²) in [5.41, 5.74) is 1.96. The Kier molecular flexibility index (Phi) is 5.18. The lowest BCUT2D eigenvalue weighted by Crippen LogP contribution is -2.32. The maximum Gasteiger partial charge on any atom is 0.238 e. The third kappa shape index (κ3) is 4.15. The number of hydrogen-bond donors (Lipinski definition) is 2. The summed E-state index contributed by atoms with van der Waals surface area (Å²) in [5.74, 6) is 0.343. The van der Waals surface area contributed by atoms with Gasteiger partial charge in [-0.15, -0.1) is 0 Å². The largest absolute Gasteiger partial charge is 0.396 e. The first-order valence-corrected chi connectivity index (χ1v) is 7.55. The first-order valence-electron chi connectivity index (χ1n) is 6.47. The molecule has 0 aliphatic carbocycles. The number of hydrogen-bond acceptors (Lipinski definition) is 3. The van der Waals surface area contributed by atoms with Crippen molar-refractivity contribution in [3.63, 3.8) is 0 Å². The minimum atomic E-state index is 0.0166. The Labute approximate surface area is 127 Å². The van der Waals surface area contributed by atoms with Gasteiger partial charge in [-0.2, -0.15) is 0 Å². The molecule has 1 amide bonds. The zero-order valence-corrected chi connectivity index (χ0v) is 13.2. The second kappa shape index (κ2) is 6.67. The van der Waals surface area contributed by atoms with Gasteiger partial charge in [-0.1, -0.05) is 0 Å². The van der Waals surface area contributed by atoms with E-state index < -0.39 is 0 Å². The Morgan fingerprint density at radius 1 is 1.58 bits per heavy atom. The number of likely N-dealkylation sites (tertiary alicyclic amines) is 1. The molecule has 1 aromatic carbocycles. The predicted molar refractivity (Wildman–Crippen MR) is 84.2 cm³/mol. The van der Waals surface area contributed by atoms with E-state index in [0.717, 1.165) is 30.8 Å². The van der Waals surface area contributed by atoms with Crippen molar-refractivity contribution in [1.82, 2.24) is 4.90 Å². The summed E-state index contributed by atoms with van der Waals surface area (Å²) in [4.78, 5) is 14.1. The maximum absolute atomic E-state index is 12.0. The minimum Gasteiger partial charge on any atom is -0.396 e. The van der Waals surface area contributed by atoms with Crippen molar-refractivity contribution in [1.29, 1.82) is 0 Å². The fourth-order valence-corrected chi connectivity index (χ4v) is 3.01. The second-order valence-electron chi connectivity index (χ2n) is 5.08. The zero-order chi connectivity index (χ0) is 13.8. The Bertz CT molecular complexity index is 465. The van der Waals surface area contributed by atoms with E-state index in [1.54, 1.807) is 0 Å². The van der Waals surface area contributed by atoms with Crippen LogP contribution in [0.4, 0.5) is 5.69 Å². The van der Waals surface area contributed by atoms with Crippen LogP contribution < -0.4 is 5.32 Å². The van der Waals surface area contributed by atoms with Gasteiger partial charge in [0.2, 0.25) is 5.91 Å². The monoisotopic (exact) mass is 374 g/mol. The summed E-state index contributed by atoms with van der Waals surface area (Å²) < 4.78 is 1.17. The maximum atomic E-state index is 12.0. The molecule has 1 atom stereocenters. The number of aliphatic hydroxyl groups is 1. The van der Waals surface area contributed by atoms with Crippen LogP contribution in [-0.4, -0.2) is 42.2 Å². The number of carbonyl (C=O) groups excluding carboxylic acids is 1. The van der Waals surface area contributed by atoms with E-state index in [2.05, 4.69) is 32.8 Å². The summed E-state index contributed by atoms with van der Waals surface area (Å²) in [6.45, 7) is 4.33. The lowest BCUT2D eigenvalue weighted by molar-refractivity contribution is -0.117. The number of carbonyl (C=O) groups is 1. The highest BCUT2D eigenvalue weighted by Gasteiger charge is 2.23. The summed E-state index contributed by atoms with van der Waals surface area (Å²) in [6, 6.07) is 5.98. The molecule has 1 aliphatic rings. The van der Waals surface area contributed by atoms with Crippen molar-refractivity contribution in [2.45, 2.75) is 13.3 Å². The second-order valence-corrected chi connectivity index (χ2v) is 6.33. The molecule has 1 fully saturated rings. The van der Waals surface area contributed by atoms with E-state index in [4.69, 9.17) is 5.11 Å². The van der Waals surface area contributed by atoms with Crippen molar-refractivity contribution in [2.24, 2.45) is 5.92 Å². The van der Waals surface area contributed by atoms with Gasteiger partial charge in [0.15, 0.2) is 0 Å². The normalized spacial score (nSPS) is 19.6. The molecular weight excluding hydrogens is 355 g/mol. The molecule has 0 bridgehead atoms. The molecule has 1 unspecified atom stereocenters. The Balaban J connectivity index is 1.87. The van der Waals surface area contributed by atoms with E-state index in [1.165, 1.54) is 3.57 Å². The summed E-state index contributed by atoms with van der Waals surface area (Å²) in [7, 11) is 0. The molecule has 0 radical (unpaired) electrons. The van der Waals surface area contributed by atoms with Crippen LogP contribution in [0.1, 0.15) is 12.0 Å². The van der Waals surface area contributed by atoms with Gasteiger partial charge in [-0.25, -0.2) is 0 Å². The molecular formula is C14H19IN2O2. The molecule has 1 aromatic rings. The van der Waals surface area contributed by atoms with E-state index in [0.29, 0.717) is 12.5 Å². The molecule has 0 saturated carbocycles. The minimum absolute atomic E-state index is 0.0166. The van der Waals surface area contributed by atoms with Gasteiger partial charge >= 0.3 is 0 Å². The Hall–Kier alpha value is -0.660. The molecule has 0 spiro atoms. The predicted octanol–water partition coefficient (Wildman–Crippen LogP) is 1.85. The van der Waals surface area contributed by atoms with Crippen molar-refractivity contribution < 1.29 is 9.90 Å². The summed E-state index contributed by atoms with van der Waals surface area (Å²) >= 11 is 2.26. The van der Waals surface area contributed by atoms with Gasteiger partial charge in [0, 0.05) is 22.4 Å². The third-order valence-electron chi connectivity index (χ3n) is 3.46. The van der Waals surface area contributed by atoms with E-state index in [9.17, 15) is 4.79 Å². The molecule has 1 heterocycles. The quantitative estimate of drug-likeness (QED) is 0.792. The van der Waals surface area contributed by atoms with Crippen LogP contribution in [0.15, 0.2) is 18.2 Å². The number of aryl methyl sites for hydroxylation is 1. The number of rotatable bonds is 4. The van der Waals surface area contributed by atoms with Crippen molar-refractivity contribution >= 4 is 34.2 Å². The number of nitrogens with zero attached hydrogens (tertiary/aromatic N) is 1. The van der Waals surface area contributed by atoms with Crippen molar-refractivity contribution in [3.05, 3.63) is 27.3 Å². The third-order valence-corrected chi connectivity index (χ3v) is 4.13. The molecule has 2 rings (SSSR count). The fourth-order valence-electron chi connectivity index (χ4n) is 2.37. The van der Waals surface area contributed by atoms with E-state index in [1.807, 2.05) is 25.1 Å². The van der Waals surface area contributed by atoms with Gasteiger partial charge in [-0.3, -0.25) is 9.69 Å². The van der Waals surface area contributed by atoms with Gasteiger partial charge in [0.25, 0.3) is 0 Å². The van der Waals surface area contributed by atoms with Crippen LogP contribution >= 0.6 is 22.6 Å². The SMILES string of the molecule is Cc1cc(I)ccc1NC(=O)CN1CCC(CO)C1. The van der Waals surface area contributed by atoms with Crippen LogP contribution in [0.3, 0.4) is 0 Å². The smallest absolute Gasteiger partial charge is 0.238 e. The molecule has 2 N–H and O–H groups in total.